The molecule has 94 valence electrons. The van der Waals surface area contributed by atoms with Crippen LogP contribution in [-0.4, -0.2) is 36.6 Å². The number of carbonyl (C=O) groups excluding carboxylic acids is 1. The summed E-state index contributed by atoms with van der Waals surface area (Å²) in [5.41, 5.74) is -1.03. The quantitative estimate of drug-likeness (QED) is 0.566. The summed E-state index contributed by atoms with van der Waals surface area (Å²) in [4.78, 5) is 11.2. The van der Waals surface area contributed by atoms with Crippen LogP contribution < -0.4 is 5.11 Å². The van der Waals surface area contributed by atoms with Crippen LogP contribution in [0, 0.1) is 0 Å². The molecule has 1 amide bonds. The molecule has 1 aliphatic heterocycles. The molecule has 0 N–H and O–H groups in total. The fourth-order valence-corrected chi connectivity index (χ4v) is 3.77. The minimum absolute atomic E-state index is 0.0324. The molecule has 0 bridgehead atoms. The zero-order valence-electron chi connectivity index (χ0n) is 9.89. The Bertz CT molecular complexity index is 397. The monoisotopic (exact) mass is 251 g/mol. The van der Waals surface area contributed by atoms with Gasteiger partial charge in [-0.15, -0.1) is 12.3 Å². The number of carboxylic acid groups (broad SMARTS) is 1. The maximum atomic E-state index is 11.9. The highest BCUT2D eigenvalue weighted by Crippen LogP contribution is 2.35. The van der Waals surface area contributed by atoms with Crippen molar-refractivity contribution < 1.29 is 26.4 Å². The maximum absolute atomic E-state index is 11.9. The lowest BCUT2D eigenvalue weighted by atomic mass is 10.1. The lowest BCUT2D eigenvalue weighted by Gasteiger charge is -2.47. The van der Waals surface area contributed by atoms with Crippen LogP contribution in [0.2, 0.25) is 0 Å². The highest BCUT2D eigenvalue weighted by atomic mass is 32.2. The summed E-state index contributed by atoms with van der Waals surface area (Å²) in [6.45, 7) is 6.19. The predicted octanol–water partition coefficient (Wildman–Crippen LogP) is -0.00140. The molecule has 0 aromatic heterocycles. The van der Waals surface area contributed by atoms with Crippen molar-refractivity contribution in [1.29, 1.82) is 0 Å². The molecule has 0 aromatic carbocycles. The predicted molar refractivity (Wildman–Crippen MR) is 54.4 cm³/mol. The van der Waals surface area contributed by atoms with Crippen LogP contribution in [0.25, 0.3) is 0 Å². The first-order chi connectivity index (χ1) is 7.04. The lowest BCUT2D eigenvalue weighted by molar-refractivity contribution is -0.815. The van der Waals surface area contributed by atoms with E-state index in [0.717, 1.165) is 0 Å². The van der Waals surface area contributed by atoms with Crippen molar-refractivity contribution in [1.82, 2.24) is 0 Å². The molecule has 1 unspecified atom stereocenters. The highest BCUT2D eigenvalue weighted by Gasteiger charge is 2.57. The maximum Gasteiger partial charge on any atom is 0.442 e. The number of hydrogen-bond acceptors (Lipinski definition) is 5. The van der Waals surface area contributed by atoms with Gasteiger partial charge in [0, 0.05) is 6.42 Å². The van der Waals surface area contributed by atoms with Crippen LogP contribution in [0.5, 0.6) is 0 Å². The fourth-order valence-electron chi connectivity index (χ4n) is 1.93. The van der Waals surface area contributed by atoms with Crippen LogP contribution in [-0.2, 0) is 14.5 Å². The van der Waals surface area contributed by atoms with Crippen LogP contribution in [0.4, 0.5) is 4.79 Å². The number of rotatable bonds is 0. The molecule has 1 fully saturated rings. The van der Waals surface area contributed by atoms with Crippen molar-refractivity contribution in [2.24, 2.45) is 0 Å². The van der Waals surface area contributed by atoms with E-state index in [2.05, 4.69) is 0 Å². The van der Waals surface area contributed by atoms with E-state index in [1.807, 2.05) is 0 Å². The zero-order chi connectivity index (χ0) is 12.8. The lowest BCUT2D eigenvalue weighted by Crippen LogP contribution is -2.72. The molecule has 0 spiro atoms. The fraction of sp³-hybridized carbons (Fsp3) is 0.889. The average molecular weight is 251 g/mol. The van der Waals surface area contributed by atoms with Gasteiger partial charge in [0.25, 0.3) is 6.09 Å². The summed E-state index contributed by atoms with van der Waals surface area (Å²) in [5, 5.41) is 11.2. The van der Waals surface area contributed by atoms with E-state index in [0.29, 0.717) is 6.42 Å². The summed E-state index contributed by atoms with van der Waals surface area (Å²) >= 11 is 0. The molecular formula is C9H17NO5S. The smallest absolute Gasteiger partial charge is 0.442 e. The average Bonchev–Trinajstić information content (AvgIpc) is 1.97. The van der Waals surface area contributed by atoms with Gasteiger partial charge in [0.15, 0.2) is 0 Å². The second-order valence-electron chi connectivity index (χ2n) is 5.02. The molecule has 1 heterocycles. The Labute approximate surface area is 95.7 Å². The molecule has 7 heteroatoms. The van der Waals surface area contributed by atoms with E-state index in [1.165, 1.54) is 0 Å². The minimum Gasteiger partial charge on any atom is -0.497 e. The van der Waals surface area contributed by atoms with E-state index < -0.39 is 31.9 Å². The third kappa shape index (κ3) is 1.72. The molecule has 1 saturated heterocycles. The van der Waals surface area contributed by atoms with Gasteiger partial charge in [-0.1, -0.05) is 0 Å². The van der Waals surface area contributed by atoms with Crippen LogP contribution >= 0.6 is 0 Å². The second kappa shape index (κ2) is 3.68. The van der Waals surface area contributed by atoms with Gasteiger partial charge in [-0.25, -0.2) is 4.18 Å². The van der Waals surface area contributed by atoms with Gasteiger partial charge in [0.2, 0.25) is 0 Å². The van der Waals surface area contributed by atoms with Gasteiger partial charge < -0.3 is 9.90 Å². The standard InChI is InChI=1S/C9H17NO5S/c1-7-5-6-10(8(11)12,9(2,3)4)16(13,14)15-7/h7H,5-6H2,1-4H3/t7-,10?/m0/s1. The van der Waals surface area contributed by atoms with Gasteiger partial charge in [-0.2, -0.15) is 0 Å². The molecule has 0 aromatic rings. The Balaban J connectivity index is 3.38. The van der Waals surface area contributed by atoms with Crippen molar-refractivity contribution in [3.8, 4) is 0 Å². The third-order valence-corrected chi connectivity index (χ3v) is 5.11. The van der Waals surface area contributed by atoms with Crippen molar-refractivity contribution in [3.05, 3.63) is 0 Å². The number of carbonyl (C=O) groups is 1. The van der Waals surface area contributed by atoms with E-state index in [1.54, 1.807) is 27.7 Å². The molecule has 0 radical (unpaired) electrons. The van der Waals surface area contributed by atoms with E-state index in [-0.39, 0.29) is 6.54 Å². The minimum atomic E-state index is -4.22. The first-order valence-corrected chi connectivity index (χ1v) is 6.44. The van der Waals surface area contributed by atoms with Gasteiger partial charge in [-0.05, 0) is 27.7 Å². The van der Waals surface area contributed by atoms with Crippen molar-refractivity contribution in [2.75, 3.05) is 6.54 Å². The second-order valence-corrected chi connectivity index (χ2v) is 6.69. The summed E-state index contributed by atoms with van der Waals surface area (Å²) in [6, 6.07) is 0. The van der Waals surface area contributed by atoms with Crippen LogP contribution in [0.15, 0.2) is 0 Å². The Hall–Kier alpha value is -0.660. The SMILES string of the molecule is C[C@H]1CC[N+](C(=O)[O-])(C(C)(C)C)S(=O)(=O)O1. The largest absolute Gasteiger partial charge is 0.497 e. The summed E-state index contributed by atoms with van der Waals surface area (Å²) in [7, 11) is -4.22. The van der Waals surface area contributed by atoms with Crippen molar-refractivity contribution in [3.63, 3.8) is 0 Å². The number of amides is 1. The highest BCUT2D eigenvalue weighted by molar-refractivity contribution is 7.81. The molecule has 0 saturated carbocycles. The van der Waals surface area contributed by atoms with Gasteiger partial charge in [0.1, 0.15) is 12.1 Å². The summed E-state index contributed by atoms with van der Waals surface area (Å²) < 4.78 is 27.5. The van der Waals surface area contributed by atoms with Gasteiger partial charge >= 0.3 is 10.3 Å². The Morgan fingerprint density at radius 2 is 1.94 bits per heavy atom. The topological polar surface area (TPSA) is 83.5 Å². The van der Waals surface area contributed by atoms with Crippen LogP contribution in [0.1, 0.15) is 34.1 Å². The molecule has 0 aliphatic carbocycles. The Morgan fingerprint density at radius 1 is 1.44 bits per heavy atom. The summed E-state index contributed by atoms with van der Waals surface area (Å²) in [6.07, 6.45) is -1.76. The van der Waals surface area contributed by atoms with E-state index in [9.17, 15) is 18.3 Å². The molecule has 2 atom stereocenters. The van der Waals surface area contributed by atoms with Gasteiger partial charge in [0.05, 0.1) is 6.10 Å². The van der Waals surface area contributed by atoms with Crippen LogP contribution in [0.3, 0.4) is 0 Å². The van der Waals surface area contributed by atoms with Crippen molar-refractivity contribution in [2.45, 2.75) is 45.8 Å². The third-order valence-electron chi connectivity index (χ3n) is 2.90. The summed E-state index contributed by atoms with van der Waals surface area (Å²) in [5.74, 6) is 0. The number of nitrogens with zero attached hydrogens (tertiary/aromatic N) is 1. The van der Waals surface area contributed by atoms with Gasteiger partial charge in [-0.3, -0.25) is 0 Å². The first kappa shape index (κ1) is 13.4. The molecule has 1 rings (SSSR count). The van der Waals surface area contributed by atoms with E-state index >= 15 is 0 Å². The number of hydrogen-bond donors (Lipinski definition) is 0. The van der Waals surface area contributed by atoms with E-state index in [4.69, 9.17) is 4.18 Å². The molecule has 1 aliphatic rings. The molecule has 6 nitrogen and oxygen atoms in total. The Kier molecular flexibility index (Phi) is 3.08. The first-order valence-electron chi connectivity index (χ1n) is 5.08. The zero-order valence-corrected chi connectivity index (χ0v) is 10.7. The normalized spacial score (nSPS) is 34.6. The molecule has 16 heavy (non-hydrogen) atoms. The Morgan fingerprint density at radius 3 is 2.25 bits per heavy atom. The number of quaternary nitrogens is 1. The molecular weight excluding hydrogens is 234 g/mol. The van der Waals surface area contributed by atoms with Crippen molar-refractivity contribution >= 4 is 16.4 Å².